The van der Waals surface area contributed by atoms with Crippen LogP contribution in [0.4, 0.5) is 0 Å². The summed E-state index contributed by atoms with van der Waals surface area (Å²) in [6.45, 7) is 3.75. The third kappa shape index (κ3) is 4.47. The topological polar surface area (TPSA) is 47.7 Å². The number of fused-ring (bicyclic) bond motifs is 1. The van der Waals surface area contributed by atoms with Crippen LogP contribution in [0.15, 0.2) is 46.9 Å². The monoisotopic (exact) mass is 376 g/mol. The molecule has 4 nitrogen and oxygen atoms in total. The molecule has 1 aliphatic rings. The second-order valence-electron chi connectivity index (χ2n) is 5.67. The van der Waals surface area contributed by atoms with Crippen molar-refractivity contribution in [2.45, 2.75) is 19.5 Å². The number of benzene rings is 2. The Morgan fingerprint density at radius 2 is 1.78 bits per heavy atom. The van der Waals surface area contributed by atoms with Crippen LogP contribution in [-0.2, 0) is 13.1 Å². The largest absolute Gasteiger partial charge is 0.454 e. The van der Waals surface area contributed by atoms with Crippen molar-refractivity contribution in [3.63, 3.8) is 0 Å². The predicted octanol–water partition coefficient (Wildman–Crippen LogP) is 3.53. The van der Waals surface area contributed by atoms with Crippen LogP contribution in [0.1, 0.15) is 17.5 Å². The molecule has 0 amide bonds. The number of hydrogen-bond acceptors (Lipinski definition) is 4. The van der Waals surface area contributed by atoms with Gasteiger partial charge in [-0.15, -0.1) is 0 Å². The van der Waals surface area contributed by atoms with E-state index in [9.17, 15) is 0 Å². The van der Waals surface area contributed by atoms with Crippen LogP contribution in [0.3, 0.4) is 0 Å². The number of ether oxygens (including phenoxy) is 2. The minimum Gasteiger partial charge on any atom is -0.454 e. The van der Waals surface area contributed by atoms with Gasteiger partial charge >= 0.3 is 0 Å². The molecule has 0 spiro atoms. The number of rotatable bonds is 7. The molecule has 0 atom stereocenters. The van der Waals surface area contributed by atoms with Gasteiger partial charge in [-0.05, 0) is 48.4 Å². The third-order valence-electron chi connectivity index (χ3n) is 3.82. The lowest BCUT2D eigenvalue weighted by Crippen LogP contribution is -2.25. The lowest BCUT2D eigenvalue weighted by Gasteiger charge is -2.22. The quantitative estimate of drug-likeness (QED) is 0.802. The first-order valence-electron chi connectivity index (χ1n) is 7.80. The average molecular weight is 377 g/mol. The van der Waals surface area contributed by atoms with Crippen LogP contribution >= 0.6 is 15.9 Å². The fourth-order valence-electron chi connectivity index (χ4n) is 2.72. The van der Waals surface area contributed by atoms with Gasteiger partial charge in [-0.1, -0.05) is 34.1 Å². The molecule has 2 aromatic rings. The first-order valence-corrected chi connectivity index (χ1v) is 8.59. The molecule has 0 saturated carbocycles. The van der Waals surface area contributed by atoms with Gasteiger partial charge in [0.15, 0.2) is 11.5 Å². The van der Waals surface area contributed by atoms with Crippen molar-refractivity contribution in [1.82, 2.24) is 4.90 Å². The van der Waals surface area contributed by atoms with Crippen LogP contribution in [0.5, 0.6) is 11.5 Å². The Morgan fingerprint density at radius 1 is 1.00 bits per heavy atom. The van der Waals surface area contributed by atoms with E-state index < -0.39 is 0 Å². The van der Waals surface area contributed by atoms with Gasteiger partial charge < -0.3 is 15.2 Å². The fourth-order valence-corrected chi connectivity index (χ4v) is 3.17. The highest BCUT2D eigenvalue weighted by Gasteiger charge is 2.15. The Hall–Kier alpha value is -1.56. The third-order valence-corrected chi connectivity index (χ3v) is 4.31. The van der Waals surface area contributed by atoms with Gasteiger partial charge in [0, 0.05) is 24.1 Å². The molecule has 122 valence electrons. The second-order valence-corrected chi connectivity index (χ2v) is 6.59. The molecule has 0 unspecified atom stereocenters. The summed E-state index contributed by atoms with van der Waals surface area (Å²) in [5, 5.41) is 0. The van der Waals surface area contributed by atoms with Crippen molar-refractivity contribution in [1.29, 1.82) is 0 Å². The highest BCUT2D eigenvalue weighted by Crippen LogP contribution is 2.33. The van der Waals surface area contributed by atoms with E-state index in [-0.39, 0.29) is 0 Å². The normalized spacial score (nSPS) is 12.8. The minimum atomic E-state index is 0.313. The molecule has 0 aliphatic carbocycles. The molecule has 1 heterocycles. The van der Waals surface area contributed by atoms with Crippen LogP contribution in [-0.4, -0.2) is 24.8 Å². The summed E-state index contributed by atoms with van der Waals surface area (Å²) in [4.78, 5) is 2.41. The second kappa shape index (κ2) is 7.81. The molecule has 2 aromatic carbocycles. The maximum absolute atomic E-state index is 5.69. The average Bonchev–Trinajstić information content (AvgIpc) is 3.00. The predicted molar refractivity (Wildman–Crippen MR) is 94.5 cm³/mol. The first-order chi connectivity index (χ1) is 11.2. The Bertz CT molecular complexity index is 663. The summed E-state index contributed by atoms with van der Waals surface area (Å²) in [6, 6.07) is 14.6. The van der Waals surface area contributed by atoms with E-state index in [0.29, 0.717) is 13.3 Å². The van der Waals surface area contributed by atoms with Gasteiger partial charge in [0.2, 0.25) is 6.79 Å². The molecule has 0 bridgehead atoms. The van der Waals surface area contributed by atoms with Gasteiger partial charge in [0.25, 0.3) is 0 Å². The lowest BCUT2D eigenvalue weighted by atomic mass is 10.1. The van der Waals surface area contributed by atoms with Crippen molar-refractivity contribution in [3.8, 4) is 11.5 Å². The standard InChI is InChI=1S/C18H21BrN2O2/c19-16-4-1-3-14(9-16)11-21(8-2-7-20)12-15-5-6-17-18(10-15)23-13-22-17/h1,3-6,9-10H,2,7-8,11-13,20H2. The maximum Gasteiger partial charge on any atom is 0.231 e. The van der Waals surface area contributed by atoms with Crippen LogP contribution in [0.2, 0.25) is 0 Å². The maximum atomic E-state index is 5.69. The Morgan fingerprint density at radius 3 is 2.57 bits per heavy atom. The molecule has 5 heteroatoms. The number of nitrogens with two attached hydrogens (primary N) is 1. The van der Waals surface area contributed by atoms with E-state index in [0.717, 1.165) is 42.0 Å². The van der Waals surface area contributed by atoms with Crippen LogP contribution in [0, 0.1) is 0 Å². The van der Waals surface area contributed by atoms with E-state index in [1.807, 2.05) is 12.1 Å². The molecule has 0 fully saturated rings. The number of hydrogen-bond donors (Lipinski definition) is 1. The van der Waals surface area contributed by atoms with Crippen LogP contribution < -0.4 is 15.2 Å². The molecule has 0 radical (unpaired) electrons. The summed E-state index contributed by atoms with van der Waals surface area (Å²) in [5.74, 6) is 1.66. The van der Waals surface area contributed by atoms with E-state index in [4.69, 9.17) is 15.2 Å². The van der Waals surface area contributed by atoms with Crippen molar-refractivity contribution in [2.24, 2.45) is 5.73 Å². The van der Waals surface area contributed by atoms with Crippen molar-refractivity contribution in [2.75, 3.05) is 19.9 Å². The number of nitrogens with zero attached hydrogens (tertiary/aromatic N) is 1. The first kappa shape index (κ1) is 16.3. The molecule has 0 saturated heterocycles. The van der Waals surface area contributed by atoms with Crippen molar-refractivity contribution in [3.05, 3.63) is 58.1 Å². The van der Waals surface area contributed by atoms with Crippen molar-refractivity contribution < 1.29 is 9.47 Å². The summed E-state index contributed by atoms with van der Waals surface area (Å²) >= 11 is 3.54. The van der Waals surface area contributed by atoms with Gasteiger partial charge in [0.1, 0.15) is 0 Å². The van der Waals surface area contributed by atoms with E-state index in [1.165, 1.54) is 11.1 Å². The lowest BCUT2D eigenvalue weighted by molar-refractivity contribution is 0.174. The zero-order chi connectivity index (χ0) is 16.1. The molecule has 23 heavy (non-hydrogen) atoms. The van der Waals surface area contributed by atoms with Gasteiger partial charge in [-0.25, -0.2) is 0 Å². The molecular weight excluding hydrogens is 356 g/mol. The SMILES string of the molecule is NCCCN(Cc1cccc(Br)c1)Cc1ccc2c(c1)OCO2. The molecule has 0 aromatic heterocycles. The molecule has 2 N–H and O–H groups in total. The zero-order valence-corrected chi connectivity index (χ0v) is 14.6. The van der Waals surface area contributed by atoms with Gasteiger partial charge in [0.05, 0.1) is 0 Å². The van der Waals surface area contributed by atoms with Crippen LogP contribution in [0.25, 0.3) is 0 Å². The minimum absolute atomic E-state index is 0.313. The Kier molecular flexibility index (Phi) is 5.54. The van der Waals surface area contributed by atoms with Crippen molar-refractivity contribution >= 4 is 15.9 Å². The van der Waals surface area contributed by atoms with Gasteiger partial charge in [-0.3, -0.25) is 4.90 Å². The zero-order valence-electron chi connectivity index (χ0n) is 13.0. The fraction of sp³-hybridized carbons (Fsp3) is 0.333. The summed E-state index contributed by atoms with van der Waals surface area (Å²) < 4.78 is 12.0. The summed E-state index contributed by atoms with van der Waals surface area (Å²) in [5.41, 5.74) is 8.20. The Labute approximate surface area is 145 Å². The summed E-state index contributed by atoms with van der Waals surface area (Å²) in [7, 11) is 0. The molecular formula is C18H21BrN2O2. The molecule has 3 rings (SSSR count). The highest BCUT2D eigenvalue weighted by molar-refractivity contribution is 9.10. The highest BCUT2D eigenvalue weighted by atomic mass is 79.9. The molecule has 1 aliphatic heterocycles. The van der Waals surface area contributed by atoms with E-state index in [1.54, 1.807) is 0 Å². The smallest absolute Gasteiger partial charge is 0.231 e. The summed E-state index contributed by atoms with van der Waals surface area (Å²) in [6.07, 6.45) is 0.985. The van der Waals surface area contributed by atoms with E-state index in [2.05, 4.69) is 51.2 Å². The van der Waals surface area contributed by atoms with E-state index >= 15 is 0 Å². The van der Waals surface area contributed by atoms with Gasteiger partial charge in [-0.2, -0.15) is 0 Å². The Balaban J connectivity index is 1.71. The number of halogens is 1.